The highest BCUT2D eigenvalue weighted by Gasteiger charge is 2.49. The molecule has 160 valence electrons. The summed E-state index contributed by atoms with van der Waals surface area (Å²) in [6.45, 7) is 6.41. The van der Waals surface area contributed by atoms with Crippen LogP contribution >= 0.6 is 0 Å². The molecule has 0 aliphatic carbocycles. The van der Waals surface area contributed by atoms with E-state index in [2.05, 4.69) is 5.32 Å². The molecule has 2 aromatic carbocycles. The summed E-state index contributed by atoms with van der Waals surface area (Å²) in [6.07, 6.45) is 1.53. The van der Waals surface area contributed by atoms with Crippen molar-refractivity contribution >= 4 is 34.8 Å². The van der Waals surface area contributed by atoms with Crippen LogP contribution in [0.5, 0.6) is 0 Å². The number of benzene rings is 2. The van der Waals surface area contributed by atoms with Crippen LogP contribution in [0.15, 0.2) is 60.3 Å². The van der Waals surface area contributed by atoms with E-state index in [4.69, 9.17) is 4.74 Å². The maximum absolute atomic E-state index is 13.3. The van der Waals surface area contributed by atoms with Gasteiger partial charge in [-0.05, 0) is 82.3 Å². The van der Waals surface area contributed by atoms with Crippen LogP contribution in [-0.4, -0.2) is 35.6 Å². The Morgan fingerprint density at radius 1 is 0.935 bits per heavy atom. The van der Waals surface area contributed by atoms with Crippen LogP contribution in [-0.2, 0) is 14.3 Å². The topological polar surface area (TPSA) is 92.8 Å². The lowest BCUT2D eigenvalue weighted by molar-refractivity contribution is -0.147. The molecule has 0 radical (unpaired) electrons. The first-order valence-corrected chi connectivity index (χ1v) is 9.91. The predicted octanol–water partition coefficient (Wildman–Crippen LogP) is 3.76. The summed E-state index contributed by atoms with van der Waals surface area (Å²) in [4.78, 5) is 50.5. The Labute approximate surface area is 180 Å². The van der Waals surface area contributed by atoms with Crippen molar-refractivity contribution in [3.05, 3.63) is 71.4 Å². The number of nitrogens with zero attached hydrogens (tertiary/aromatic N) is 1. The minimum absolute atomic E-state index is 0.0576. The van der Waals surface area contributed by atoms with Crippen molar-refractivity contribution in [1.82, 2.24) is 0 Å². The average Bonchev–Trinajstić information content (AvgIpc) is 2.99. The van der Waals surface area contributed by atoms with Gasteiger partial charge in [-0.1, -0.05) is 0 Å². The summed E-state index contributed by atoms with van der Waals surface area (Å²) in [5.74, 6) is -1.13. The number of anilines is 2. The standard InChI is InChI=1S/C24H24N2O5/c1-5-31-23(30)24(4)14-21(25-19-10-6-17(7-11-19)15(2)27)22(29)26(24)20-12-8-18(9-13-20)16(3)28/h6-14,25H,5H2,1-4H3. The number of ketones is 2. The number of carbonyl (C=O) groups excluding carboxylic acids is 4. The number of hydrogen-bond donors (Lipinski definition) is 1. The Kier molecular flexibility index (Phi) is 6.06. The minimum Gasteiger partial charge on any atom is -0.464 e. The fraction of sp³-hybridized carbons (Fsp3) is 0.250. The van der Waals surface area contributed by atoms with Gasteiger partial charge in [-0.2, -0.15) is 0 Å². The molecule has 0 aromatic heterocycles. The van der Waals surface area contributed by atoms with Crippen molar-refractivity contribution in [2.75, 3.05) is 16.8 Å². The van der Waals surface area contributed by atoms with Gasteiger partial charge in [0, 0.05) is 22.5 Å². The smallest absolute Gasteiger partial charge is 0.336 e. The first-order valence-electron chi connectivity index (χ1n) is 9.91. The summed E-state index contributed by atoms with van der Waals surface area (Å²) >= 11 is 0. The van der Waals surface area contributed by atoms with Crippen molar-refractivity contribution < 1.29 is 23.9 Å². The maximum atomic E-state index is 13.3. The van der Waals surface area contributed by atoms with Gasteiger partial charge in [0.05, 0.1) is 6.61 Å². The highest BCUT2D eigenvalue weighted by Crippen LogP contribution is 2.35. The molecule has 1 amide bonds. The molecule has 1 aliphatic heterocycles. The van der Waals surface area contributed by atoms with Crippen molar-refractivity contribution in [2.24, 2.45) is 0 Å². The van der Waals surface area contributed by atoms with Crippen LogP contribution in [0.1, 0.15) is 48.4 Å². The van der Waals surface area contributed by atoms with E-state index in [-0.39, 0.29) is 23.9 Å². The van der Waals surface area contributed by atoms with E-state index in [0.29, 0.717) is 22.5 Å². The third kappa shape index (κ3) is 4.26. The van der Waals surface area contributed by atoms with Gasteiger partial charge in [0.15, 0.2) is 17.1 Å². The van der Waals surface area contributed by atoms with E-state index in [1.54, 1.807) is 62.4 Å². The second-order valence-corrected chi connectivity index (χ2v) is 7.43. The Morgan fingerprint density at radius 3 is 1.94 bits per heavy atom. The lowest BCUT2D eigenvalue weighted by Gasteiger charge is -2.32. The van der Waals surface area contributed by atoms with Crippen molar-refractivity contribution in [3.63, 3.8) is 0 Å². The first-order chi connectivity index (χ1) is 14.7. The van der Waals surface area contributed by atoms with Gasteiger partial charge in [-0.15, -0.1) is 0 Å². The van der Waals surface area contributed by atoms with E-state index in [1.807, 2.05) is 0 Å². The Balaban J connectivity index is 1.97. The normalized spacial score (nSPS) is 17.9. The van der Waals surface area contributed by atoms with Crippen LogP contribution in [0.3, 0.4) is 0 Å². The van der Waals surface area contributed by atoms with Crippen molar-refractivity contribution in [2.45, 2.75) is 33.2 Å². The van der Waals surface area contributed by atoms with Gasteiger partial charge in [-0.25, -0.2) is 4.79 Å². The molecule has 2 aromatic rings. The van der Waals surface area contributed by atoms with Crippen LogP contribution in [0.4, 0.5) is 11.4 Å². The number of Topliss-reactive ketones (excluding diaryl/α,β-unsaturated/α-hetero) is 2. The molecular weight excluding hydrogens is 396 g/mol. The molecule has 1 aliphatic rings. The predicted molar refractivity (Wildman–Crippen MR) is 117 cm³/mol. The number of ether oxygens (including phenoxy) is 1. The Morgan fingerprint density at radius 2 is 1.45 bits per heavy atom. The molecule has 31 heavy (non-hydrogen) atoms. The second-order valence-electron chi connectivity index (χ2n) is 7.43. The molecule has 1 atom stereocenters. The summed E-state index contributed by atoms with van der Waals surface area (Å²) in [5, 5.41) is 3.04. The lowest BCUT2D eigenvalue weighted by atomic mass is 10.0. The van der Waals surface area contributed by atoms with E-state index in [0.717, 1.165) is 0 Å². The molecule has 1 N–H and O–H groups in total. The molecule has 1 heterocycles. The molecule has 0 saturated heterocycles. The number of amides is 1. The lowest BCUT2D eigenvalue weighted by Crippen LogP contribution is -2.51. The fourth-order valence-corrected chi connectivity index (χ4v) is 3.43. The Hall–Kier alpha value is -3.74. The average molecular weight is 420 g/mol. The first kappa shape index (κ1) is 22.0. The highest BCUT2D eigenvalue weighted by molar-refractivity contribution is 6.16. The largest absolute Gasteiger partial charge is 0.464 e. The molecule has 0 bridgehead atoms. The summed E-state index contributed by atoms with van der Waals surface area (Å²) < 4.78 is 5.23. The quantitative estimate of drug-likeness (QED) is 0.542. The molecule has 7 heteroatoms. The van der Waals surface area contributed by atoms with Crippen molar-refractivity contribution in [1.29, 1.82) is 0 Å². The molecule has 3 rings (SSSR count). The minimum atomic E-state index is -1.37. The molecular formula is C24H24N2O5. The van der Waals surface area contributed by atoms with Crippen LogP contribution < -0.4 is 10.2 Å². The number of esters is 1. The third-order valence-corrected chi connectivity index (χ3v) is 5.11. The van der Waals surface area contributed by atoms with Crippen LogP contribution in [0.2, 0.25) is 0 Å². The van der Waals surface area contributed by atoms with E-state index < -0.39 is 17.4 Å². The molecule has 0 fully saturated rings. The number of hydrogen-bond acceptors (Lipinski definition) is 6. The van der Waals surface area contributed by atoms with Crippen LogP contribution in [0, 0.1) is 0 Å². The Bertz CT molecular complexity index is 1070. The monoisotopic (exact) mass is 420 g/mol. The fourth-order valence-electron chi connectivity index (χ4n) is 3.43. The summed E-state index contributed by atoms with van der Waals surface area (Å²) in [7, 11) is 0. The summed E-state index contributed by atoms with van der Waals surface area (Å²) in [6, 6.07) is 13.2. The van der Waals surface area contributed by atoms with Crippen molar-refractivity contribution in [3.8, 4) is 0 Å². The zero-order valence-electron chi connectivity index (χ0n) is 17.9. The zero-order valence-corrected chi connectivity index (χ0v) is 17.9. The number of carbonyl (C=O) groups is 4. The van der Waals surface area contributed by atoms with E-state index >= 15 is 0 Å². The molecule has 7 nitrogen and oxygen atoms in total. The van der Waals surface area contributed by atoms with Gasteiger partial charge >= 0.3 is 5.97 Å². The highest BCUT2D eigenvalue weighted by atomic mass is 16.5. The van der Waals surface area contributed by atoms with Gasteiger partial charge in [0.2, 0.25) is 0 Å². The molecule has 0 saturated carbocycles. The number of rotatable bonds is 7. The number of nitrogens with one attached hydrogen (secondary N) is 1. The maximum Gasteiger partial charge on any atom is 0.336 e. The zero-order chi connectivity index (χ0) is 22.8. The summed E-state index contributed by atoms with van der Waals surface area (Å²) in [5.41, 5.74) is 0.967. The van der Waals surface area contributed by atoms with Gasteiger partial charge in [-0.3, -0.25) is 19.3 Å². The van der Waals surface area contributed by atoms with Gasteiger partial charge in [0.25, 0.3) is 5.91 Å². The van der Waals surface area contributed by atoms with E-state index in [9.17, 15) is 19.2 Å². The SMILES string of the molecule is CCOC(=O)C1(C)C=C(Nc2ccc(C(C)=O)cc2)C(=O)N1c1ccc(C(C)=O)cc1. The third-order valence-electron chi connectivity index (χ3n) is 5.11. The second kappa shape index (κ2) is 8.55. The van der Waals surface area contributed by atoms with Gasteiger partial charge < -0.3 is 10.1 Å². The molecule has 0 spiro atoms. The van der Waals surface area contributed by atoms with Gasteiger partial charge in [0.1, 0.15) is 5.70 Å². The van der Waals surface area contributed by atoms with E-state index in [1.165, 1.54) is 24.8 Å². The van der Waals surface area contributed by atoms with Crippen LogP contribution in [0.25, 0.3) is 0 Å². The molecule has 1 unspecified atom stereocenters.